The average molecular weight is 470 g/mol. The van der Waals surface area contributed by atoms with Crippen molar-refractivity contribution < 1.29 is 4.79 Å². The second-order valence-electron chi connectivity index (χ2n) is 9.02. The number of aromatic nitrogens is 1. The van der Waals surface area contributed by atoms with Gasteiger partial charge in [0.05, 0.1) is 0 Å². The Bertz CT molecular complexity index is 1250. The van der Waals surface area contributed by atoms with E-state index >= 15 is 0 Å². The number of amides is 1. The zero-order valence-electron chi connectivity index (χ0n) is 19.6. The minimum absolute atomic E-state index is 0.0803. The van der Waals surface area contributed by atoms with Crippen LogP contribution in [0.25, 0.3) is 17.0 Å². The van der Waals surface area contributed by atoms with Crippen LogP contribution in [-0.2, 0) is 11.8 Å². The molecule has 0 aliphatic carbocycles. The molecular formula is C29H31N3OS. The van der Waals surface area contributed by atoms with E-state index in [-0.39, 0.29) is 11.8 Å². The van der Waals surface area contributed by atoms with Crippen LogP contribution in [0.15, 0.2) is 83.7 Å². The Labute approximate surface area is 205 Å². The van der Waals surface area contributed by atoms with E-state index < -0.39 is 0 Å². The fourth-order valence-electron chi connectivity index (χ4n) is 4.92. The van der Waals surface area contributed by atoms with Gasteiger partial charge in [0, 0.05) is 69.2 Å². The third-order valence-electron chi connectivity index (χ3n) is 6.83. The Balaban J connectivity index is 1.24. The predicted molar refractivity (Wildman–Crippen MR) is 142 cm³/mol. The summed E-state index contributed by atoms with van der Waals surface area (Å²) in [5, 5.41) is 5.54. The molecule has 5 heteroatoms. The minimum atomic E-state index is 0.0803. The molecule has 2 aromatic carbocycles. The first-order valence-electron chi connectivity index (χ1n) is 12.0. The zero-order valence-corrected chi connectivity index (χ0v) is 20.5. The summed E-state index contributed by atoms with van der Waals surface area (Å²) in [6.45, 7) is 4.35. The number of rotatable bonds is 7. The lowest BCUT2D eigenvalue weighted by atomic mass is 9.89. The first-order chi connectivity index (χ1) is 16.7. The fourth-order valence-corrected chi connectivity index (χ4v) is 5.63. The average Bonchev–Trinajstić information content (AvgIpc) is 3.52. The normalized spacial score (nSPS) is 15.9. The standard InChI is InChI=1S/C29H31N3OS/c1-30-21-27(25-11-5-6-12-28(25)30)26(24-13-19-34-22-24)20-29(33)32-17-15-31(16-18-32)14-7-10-23-8-3-2-4-9-23/h2-13,19,21-22,26H,14-18,20H2,1H3. The molecule has 34 heavy (non-hydrogen) atoms. The number of hydrogen-bond acceptors (Lipinski definition) is 3. The summed E-state index contributed by atoms with van der Waals surface area (Å²) in [5.74, 6) is 0.334. The monoisotopic (exact) mass is 469 g/mol. The molecule has 0 saturated carbocycles. The lowest BCUT2D eigenvalue weighted by Gasteiger charge is -2.35. The number of thiophene rings is 1. The third kappa shape index (κ3) is 5.01. The molecule has 174 valence electrons. The number of benzene rings is 2. The van der Waals surface area contributed by atoms with Gasteiger partial charge in [0.1, 0.15) is 0 Å². The summed E-state index contributed by atoms with van der Waals surface area (Å²) in [6.07, 6.45) is 7.11. The smallest absolute Gasteiger partial charge is 0.223 e. The maximum Gasteiger partial charge on any atom is 0.223 e. The van der Waals surface area contributed by atoms with Crippen molar-refractivity contribution in [2.45, 2.75) is 12.3 Å². The molecule has 1 aliphatic heterocycles. The maximum absolute atomic E-state index is 13.4. The van der Waals surface area contributed by atoms with Crippen LogP contribution in [0.4, 0.5) is 0 Å². The molecule has 2 aromatic heterocycles. The molecular weight excluding hydrogens is 438 g/mol. The van der Waals surface area contributed by atoms with Crippen LogP contribution in [0.2, 0.25) is 0 Å². The zero-order chi connectivity index (χ0) is 23.3. The van der Waals surface area contributed by atoms with Gasteiger partial charge in [0.25, 0.3) is 0 Å². The van der Waals surface area contributed by atoms with Crippen molar-refractivity contribution in [2.24, 2.45) is 7.05 Å². The lowest BCUT2D eigenvalue weighted by molar-refractivity contribution is -0.133. The number of piperazine rings is 1. The molecule has 1 fully saturated rings. The largest absolute Gasteiger partial charge is 0.350 e. The second kappa shape index (κ2) is 10.4. The molecule has 5 rings (SSSR count). The Morgan fingerprint density at radius 1 is 1.00 bits per heavy atom. The van der Waals surface area contributed by atoms with E-state index in [4.69, 9.17) is 0 Å². The number of aryl methyl sites for hydroxylation is 1. The van der Waals surface area contributed by atoms with Crippen LogP contribution in [-0.4, -0.2) is 53.0 Å². The summed E-state index contributed by atoms with van der Waals surface area (Å²) in [4.78, 5) is 17.9. The molecule has 4 nitrogen and oxygen atoms in total. The Kier molecular flexibility index (Phi) is 6.93. The highest BCUT2D eigenvalue weighted by Crippen LogP contribution is 2.35. The van der Waals surface area contributed by atoms with Gasteiger partial charge in [0.2, 0.25) is 5.91 Å². The highest BCUT2D eigenvalue weighted by atomic mass is 32.1. The summed E-state index contributed by atoms with van der Waals surface area (Å²) in [5.41, 5.74) is 4.92. The Morgan fingerprint density at radius 3 is 2.53 bits per heavy atom. The molecule has 1 aliphatic rings. The van der Waals surface area contributed by atoms with E-state index in [1.165, 1.54) is 27.6 Å². The molecule has 1 unspecified atom stereocenters. The Morgan fingerprint density at radius 2 is 1.76 bits per heavy atom. The molecule has 1 atom stereocenters. The lowest BCUT2D eigenvalue weighted by Crippen LogP contribution is -2.48. The summed E-state index contributed by atoms with van der Waals surface area (Å²) < 4.78 is 2.18. The second-order valence-corrected chi connectivity index (χ2v) is 9.80. The van der Waals surface area contributed by atoms with Crippen LogP contribution < -0.4 is 0 Å². The molecule has 0 spiro atoms. The Hall–Kier alpha value is -3.15. The van der Waals surface area contributed by atoms with Crippen molar-refractivity contribution in [3.05, 3.63) is 100 Å². The van der Waals surface area contributed by atoms with Crippen molar-refractivity contribution in [3.8, 4) is 0 Å². The van der Waals surface area contributed by atoms with Crippen molar-refractivity contribution in [1.82, 2.24) is 14.4 Å². The van der Waals surface area contributed by atoms with E-state index in [1.54, 1.807) is 11.3 Å². The van der Waals surface area contributed by atoms with Crippen molar-refractivity contribution in [1.29, 1.82) is 0 Å². The molecule has 4 aromatic rings. The SMILES string of the molecule is Cn1cc(C(CC(=O)N2CCN(CC=Cc3ccccc3)CC2)c2ccsc2)c2ccccc21. The van der Waals surface area contributed by atoms with E-state index in [1.807, 2.05) is 6.07 Å². The number of nitrogens with zero attached hydrogens (tertiary/aromatic N) is 3. The molecule has 1 amide bonds. The number of hydrogen-bond donors (Lipinski definition) is 0. The topological polar surface area (TPSA) is 28.5 Å². The van der Waals surface area contributed by atoms with Crippen LogP contribution in [0.3, 0.4) is 0 Å². The fraction of sp³-hybridized carbons (Fsp3) is 0.276. The minimum Gasteiger partial charge on any atom is -0.350 e. The van der Waals surface area contributed by atoms with Gasteiger partial charge in [-0.3, -0.25) is 9.69 Å². The van der Waals surface area contributed by atoms with Gasteiger partial charge in [-0.2, -0.15) is 11.3 Å². The van der Waals surface area contributed by atoms with Crippen molar-refractivity contribution >= 4 is 34.2 Å². The third-order valence-corrected chi connectivity index (χ3v) is 7.53. The molecule has 0 bridgehead atoms. The summed E-state index contributed by atoms with van der Waals surface area (Å²) >= 11 is 1.70. The van der Waals surface area contributed by atoms with Crippen molar-refractivity contribution in [3.63, 3.8) is 0 Å². The van der Waals surface area contributed by atoms with E-state index in [2.05, 4.69) is 105 Å². The molecule has 1 saturated heterocycles. The first kappa shape index (κ1) is 22.6. The van der Waals surface area contributed by atoms with Crippen LogP contribution in [0.1, 0.15) is 29.0 Å². The highest BCUT2D eigenvalue weighted by molar-refractivity contribution is 7.08. The number of para-hydroxylation sites is 1. The molecule has 3 heterocycles. The van der Waals surface area contributed by atoms with Gasteiger partial charge in [-0.05, 0) is 39.6 Å². The quantitative estimate of drug-likeness (QED) is 0.351. The van der Waals surface area contributed by atoms with Crippen LogP contribution in [0, 0.1) is 0 Å². The maximum atomic E-state index is 13.4. The van der Waals surface area contributed by atoms with Gasteiger partial charge in [-0.25, -0.2) is 0 Å². The molecule has 0 radical (unpaired) electrons. The first-order valence-corrected chi connectivity index (χ1v) is 12.9. The van der Waals surface area contributed by atoms with Crippen LogP contribution in [0.5, 0.6) is 0 Å². The molecule has 0 N–H and O–H groups in total. The van der Waals surface area contributed by atoms with Gasteiger partial charge in [-0.1, -0.05) is 60.7 Å². The summed E-state index contributed by atoms with van der Waals surface area (Å²) in [7, 11) is 2.09. The van der Waals surface area contributed by atoms with E-state index in [0.717, 1.165) is 32.7 Å². The van der Waals surface area contributed by atoms with E-state index in [9.17, 15) is 4.79 Å². The van der Waals surface area contributed by atoms with Gasteiger partial charge in [0.15, 0.2) is 0 Å². The van der Waals surface area contributed by atoms with Gasteiger partial charge >= 0.3 is 0 Å². The predicted octanol–water partition coefficient (Wildman–Crippen LogP) is 5.62. The number of carbonyl (C=O) groups is 1. The number of carbonyl (C=O) groups excluding carboxylic acids is 1. The highest BCUT2D eigenvalue weighted by Gasteiger charge is 2.27. The van der Waals surface area contributed by atoms with Gasteiger partial charge < -0.3 is 9.47 Å². The van der Waals surface area contributed by atoms with E-state index in [0.29, 0.717) is 6.42 Å². The van der Waals surface area contributed by atoms with Gasteiger partial charge in [-0.15, -0.1) is 0 Å². The van der Waals surface area contributed by atoms with Crippen LogP contribution >= 0.6 is 11.3 Å². The summed E-state index contributed by atoms with van der Waals surface area (Å²) in [6, 6.07) is 21.1. The number of fused-ring (bicyclic) bond motifs is 1. The van der Waals surface area contributed by atoms with Crippen molar-refractivity contribution in [2.75, 3.05) is 32.7 Å².